The van der Waals surface area contributed by atoms with Crippen LogP contribution >= 0.6 is 11.3 Å². The number of hydrogen-bond donors (Lipinski definition) is 3. The van der Waals surface area contributed by atoms with Crippen LogP contribution in [0.2, 0.25) is 0 Å². The SMILES string of the molecule is NS(=O)(=O)c1ccc(-c2ccsc2)c(NC(=O)Nc2cccc(C(F)(F)F)c2)c1. The molecule has 0 bridgehead atoms. The van der Waals surface area contributed by atoms with Crippen LogP contribution in [0, 0.1) is 0 Å². The lowest BCUT2D eigenvalue weighted by Crippen LogP contribution is -2.21. The second kappa shape index (κ2) is 7.85. The quantitative estimate of drug-likeness (QED) is 0.546. The topological polar surface area (TPSA) is 101 Å². The Bertz CT molecular complexity index is 1140. The Labute approximate surface area is 168 Å². The van der Waals surface area contributed by atoms with E-state index in [-0.39, 0.29) is 16.3 Å². The fraction of sp³-hybridized carbons (Fsp3) is 0.0556. The molecule has 0 aliphatic rings. The van der Waals surface area contributed by atoms with E-state index >= 15 is 0 Å². The minimum Gasteiger partial charge on any atom is -0.308 e. The number of benzene rings is 2. The fourth-order valence-corrected chi connectivity index (χ4v) is 3.73. The third-order valence-electron chi connectivity index (χ3n) is 3.85. The number of anilines is 2. The van der Waals surface area contributed by atoms with E-state index in [1.165, 1.54) is 35.6 Å². The number of halogens is 3. The molecule has 29 heavy (non-hydrogen) atoms. The zero-order valence-electron chi connectivity index (χ0n) is 14.5. The largest absolute Gasteiger partial charge is 0.416 e. The van der Waals surface area contributed by atoms with Gasteiger partial charge in [-0.2, -0.15) is 24.5 Å². The number of hydrogen-bond acceptors (Lipinski definition) is 4. The van der Waals surface area contributed by atoms with Crippen LogP contribution in [0.1, 0.15) is 5.56 Å². The first kappa shape index (κ1) is 20.8. The van der Waals surface area contributed by atoms with Crippen LogP contribution in [0.4, 0.5) is 29.3 Å². The minimum atomic E-state index is -4.55. The minimum absolute atomic E-state index is 0.0722. The summed E-state index contributed by atoms with van der Waals surface area (Å²) in [5.41, 5.74) is 0.407. The van der Waals surface area contributed by atoms with Crippen molar-refractivity contribution >= 4 is 38.8 Å². The number of carbonyl (C=O) groups is 1. The molecule has 0 atom stereocenters. The first-order valence-corrected chi connectivity index (χ1v) is 10.5. The van der Waals surface area contributed by atoms with Crippen LogP contribution in [-0.4, -0.2) is 14.4 Å². The van der Waals surface area contributed by atoms with Crippen molar-refractivity contribution in [2.75, 3.05) is 10.6 Å². The molecule has 11 heteroatoms. The van der Waals surface area contributed by atoms with E-state index in [0.717, 1.165) is 23.8 Å². The van der Waals surface area contributed by atoms with E-state index in [2.05, 4.69) is 10.6 Å². The molecule has 2 amide bonds. The first-order chi connectivity index (χ1) is 13.5. The maximum atomic E-state index is 12.8. The Morgan fingerprint density at radius 1 is 1.03 bits per heavy atom. The average Bonchev–Trinajstić information content (AvgIpc) is 3.14. The summed E-state index contributed by atoms with van der Waals surface area (Å²) in [6.45, 7) is 0. The highest BCUT2D eigenvalue weighted by Crippen LogP contribution is 2.33. The molecule has 4 N–H and O–H groups in total. The average molecular weight is 441 g/mol. The van der Waals surface area contributed by atoms with E-state index in [4.69, 9.17) is 5.14 Å². The van der Waals surface area contributed by atoms with Crippen LogP contribution in [0.5, 0.6) is 0 Å². The number of amides is 2. The molecule has 0 saturated carbocycles. The van der Waals surface area contributed by atoms with Crippen molar-refractivity contribution < 1.29 is 26.4 Å². The van der Waals surface area contributed by atoms with Gasteiger partial charge in [-0.1, -0.05) is 12.1 Å². The zero-order chi connectivity index (χ0) is 21.2. The number of thiophene rings is 1. The monoisotopic (exact) mass is 441 g/mol. The summed E-state index contributed by atoms with van der Waals surface area (Å²) in [5.74, 6) is 0. The van der Waals surface area contributed by atoms with Gasteiger partial charge in [0.25, 0.3) is 0 Å². The lowest BCUT2D eigenvalue weighted by atomic mass is 10.1. The second-order valence-electron chi connectivity index (χ2n) is 5.92. The first-order valence-electron chi connectivity index (χ1n) is 7.99. The predicted octanol–water partition coefficient (Wildman–Crippen LogP) is 4.73. The van der Waals surface area contributed by atoms with Crippen LogP contribution in [0.3, 0.4) is 0 Å². The third-order valence-corrected chi connectivity index (χ3v) is 5.44. The Hall–Kier alpha value is -2.89. The maximum absolute atomic E-state index is 12.8. The van der Waals surface area contributed by atoms with Crippen molar-refractivity contribution in [3.05, 3.63) is 64.9 Å². The van der Waals surface area contributed by atoms with Crippen molar-refractivity contribution in [3.63, 3.8) is 0 Å². The molecule has 0 fully saturated rings. The normalized spacial score (nSPS) is 11.9. The molecular weight excluding hydrogens is 427 g/mol. The van der Waals surface area contributed by atoms with Gasteiger partial charge in [-0.3, -0.25) is 0 Å². The van der Waals surface area contributed by atoms with Gasteiger partial charge in [0.2, 0.25) is 10.0 Å². The molecule has 0 spiro atoms. The lowest BCUT2D eigenvalue weighted by molar-refractivity contribution is -0.137. The molecule has 1 aromatic heterocycles. The number of carbonyl (C=O) groups excluding carboxylic acids is 1. The third kappa shape index (κ3) is 5.13. The molecule has 2 aromatic carbocycles. The highest BCUT2D eigenvalue weighted by Gasteiger charge is 2.30. The number of rotatable bonds is 4. The van der Waals surface area contributed by atoms with Gasteiger partial charge < -0.3 is 10.6 Å². The molecule has 0 radical (unpaired) electrons. The Kier molecular flexibility index (Phi) is 5.64. The van der Waals surface area contributed by atoms with Crippen molar-refractivity contribution in [1.29, 1.82) is 0 Å². The highest BCUT2D eigenvalue weighted by atomic mass is 32.2. The number of alkyl halides is 3. The molecule has 0 unspecified atom stereocenters. The number of nitrogens with one attached hydrogen (secondary N) is 2. The fourth-order valence-electron chi connectivity index (χ4n) is 2.53. The molecule has 0 aliphatic heterocycles. The van der Waals surface area contributed by atoms with Crippen molar-refractivity contribution in [2.24, 2.45) is 5.14 Å². The highest BCUT2D eigenvalue weighted by molar-refractivity contribution is 7.89. The Morgan fingerprint density at radius 2 is 1.79 bits per heavy atom. The number of urea groups is 1. The van der Waals surface area contributed by atoms with E-state index in [1.54, 1.807) is 16.8 Å². The molecule has 0 aliphatic carbocycles. The van der Waals surface area contributed by atoms with Crippen LogP contribution in [0.15, 0.2) is 64.2 Å². The number of primary sulfonamides is 1. The van der Waals surface area contributed by atoms with Crippen molar-refractivity contribution in [1.82, 2.24) is 0 Å². The van der Waals surface area contributed by atoms with E-state index in [0.29, 0.717) is 5.56 Å². The zero-order valence-corrected chi connectivity index (χ0v) is 16.2. The smallest absolute Gasteiger partial charge is 0.308 e. The summed E-state index contributed by atoms with van der Waals surface area (Å²) < 4.78 is 61.7. The molecule has 152 valence electrons. The summed E-state index contributed by atoms with van der Waals surface area (Å²) in [6.07, 6.45) is -4.55. The summed E-state index contributed by atoms with van der Waals surface area (Å²) in [6, 6.07) is 9.05. The van der Waals surface area contributed by atoms with Gasteiger partial charge in [0.05, 0.1) is 16.1 Å². The molecular formula is C18H14F3N3O3S2. The number of sulfonamides is 1. The van der Waals surface area contributed by atoms with Crippen molar-refractivity contribution in [2.45, 2.75) is 11.1 Å². The molecule has 1 heterocycles. The molecule has 3 aromatic rings. The van der Waals surface area contributed by atoms with Crippen LogP contribution < -0.4 is 15.8 Å². The van der Waals surface area contributed by atoms with E-state index in [1.807, 2.05) is 0 Å². The van der Waals surface area contributed by atoms with E-state index < -0.39 is 27.8 Å². The molecule has 6 nitrogen and oxygen atoms in total. The van der Waals surface area contributed by atoms with Crippen molar-refractivity contribution in [3.8, 4) is 11.1 Å². The van der Waals surface area contributed by atoms with Gasteiger partial charge in [0.1, 0.15) is 0 Å². The number of nitrogens with two attached hydrogens (primary N) is 1. The Balaban J connectivity index is 1.89. The van der Waals surface area contributed by atoms with E-state index in [9.17, 15) is 26.4 Å². The standard InChI is InChI=1S/C18H14F3N3O3S2/c19-18(20,21)12-2-1-3-13(8-12)23-17(25)24-16-9-14(29(22,26)27)4-5-15(16)11-6-7-28-10-11/h1-10H,(H2,22,26,27)(H2,23,24,25). The van der Waals surface area contributed by atoms with Crippen LogP contribution in [0.25, 0.3) is 11.1 Å². The molecule has 0 saturated heterocycles. The van der Waals surface area contributed by atoms with Gasteiger partial charge in [-0.15, -0.1) is 0 Å². The summed E-state index contributed by atoms with van der Waals surface area (Å²) in [5, 5.41) is 13.5. The maximum Gasteiger partial charge on any atom is 0.416 e. The lowest BCUT2D eigenvalue weighted by Gasteiger charge is -2.14. The van der Waals surface area contributed by atoms with Gasteiger partial charge in [0.15, 0.2) is 0 Å². The van der Waals surface area contributed by atoms with Gasteiger partial charge in [-0.25, -0.2) is 18.4 Å². The second-order valence-corrected chi connectivity index (χ2v) is 8.26. The predicted molar refractivity (Wildman–Crippen MR) is 105 cm³/mol. The van der Waals surface area contributed by atoms with Gasteiger partial charge in [-0.05, 0) is 52.7 Å². The summed E-state index contributed by atoms with van der Waals surface area (Å²) in [7, 11) is -4.02. The Morgan fingerprint density at radius 3 is 2.41 bits per heavy atom. The summed E-state index contributed by atoms with van der Waals surface area (Å²) >= 11 is 1.40. The summed E-state index contributed by atoms with van der Waals surface area (Å²) in [4.78, 5) is 12.1. The van der Waals surface area contributed by atoms with Crippen LogP contribution in [-0.2, 0) is 16.2 Å². The van der Waals surface area contributed by atoms with Gasteiger partial charge >= 0.3 is 12.2 Å². The molecule has 3 rings (SSSR count). The van der Waals surface area contributed by atoms with Gasteiger partial charge in [0, 0.05) is 11.3 Å².